The van der Waals surface area contributed by atoms with Gasteiger partial charge in [-0.05, 0) is 93.9 Å². The van der Waals surface area contributed by atoms with Crippen molar-refractivity contribution in [3.63, 3.8) is 0 Å². The highest BCUT2D eigenvalue weighted by atomic mass is 16.6. The maximum atomic E-state index is 13.3. The van der Waals surface area contributed by atoms with Gasteiger partial charge in [-0.25, -0.2) is 4.79 Å². The summed E-state index contributed by atoms with van der Waals surface area (Å²) in [5.41, 5.74) is 1.54. The fourth-order valence-electron chi connectivity index (χ4n) is 5.61. The molecule has 6 nitrogen and oxygen atoms in total. The fraction of sp³-hybridized carbons (Fsp3) is 0.600. The lowest BCUT2D eigenvalue weighted by Crippen LogP contribution is -2.42. The molecule has 0 heterocycles. The van der Waals surface area contributed by atoms with Gasteiger partial charge in [-0.15, -0.1) is 0 Å². The first-order valence-electron chi connectivity index (χ1n) is 15.3. The number of hydrogen-bond acceptors (Lipinski definition) is 5. The number of alkyl carbamates (subject to hydrolysis) is 1. The molecule has 0 radical (unpaired) electrons. The summed E-state index contributed by atoms with van der Waals surface area (Å²) < 4.78 is 17.6. The highest BCUT2D eigenvalue weighted by Gasteiger charge is 2.33. The summed E-state index contributed by atoms with van der Waals surface area (Å²) in [5, 5.41) is 3.01. The Morgan fingerprint density at radius 1 is 0.951 bits per heavy atom. The molecule has 2 aromatic rings. The number of esters is 1. The number of nitrogens with one attached hydrogen (secondary N) is 1. The van der Waals surface area contributed by atoms with Gasteiger partial charge in [-0.3, -0.25) is 4.79 Å². The molecular weight excluding hydrogens is 514 g/mol. The van der Waals surface area contributed by atoms with Crippen molar-refractivity contribution >= 4 is 12.1 Å². The second kappa shape index (κ2) is 15.3. The van der Waals surface area contributed by atoms with Crippen LogP contribution in [0.1, 0.15) is 91.7 Å². The first kappa shape index (κ1) is 32.5. The molecule has 3 rings (SSSR count). The molecule has 1 aliphatic carbocycles. The number of rotatable bonds is 12. The lowest BCUT2D eigenvalue weighted by atomic mass is 9.77. The van der Waals surface area contributed by atoms with Crippen LogP contribution in [0.5, 0.6) is 5.75 Å². The third-order valence-corrected chi connectivity index (χ3v) is 7.65. The van der Waals surface area contributed by atoms with Gasteiger partial charge in [0.15, 0.2) is 0 Å². The number of amides is 1. The summed E-state index contributed by atoms with van der Waals surface area (Å²) in [6, 6.07) is 17.7. The van der Waals surface area contributed by atoms with E-state index in [1.165, 1.54) is 6.42 Å². The minimum Gasteiger partial charge on any atom is -0.489 e. The summed E-state index contributed by atoms with van der Waals surface area (Å²) >= 11 is 0. The zero-order chi connectivity index (χ0) is 30.0. The molecule has 0 spiro atoms. The Balaban J connectivity index is 1.64. The predicted molar refractivity (Wildman–Crippen MR) is 164 cm³/mol. The second-order valence-electron chi connectivity index (χ2n) is 13.4. The summed E-state index contributed by atoms with van der Waals surface area (Å²) in [6.07, 6.45) is 4.81. The van der Waals surface area contributed by atoms with E-state index in [1.54, 1.807) is 0 Å². The van der Waals surface area contributed by atoms with Crippen LogP contribution in [0.25, 0.3) is 0 Å². The molecule has 2 aromatic carbocycles. The van der Waals surface area contributed by atoms with E-state index in [4.69, 9.17) is 14.2 Å². The van der Waals surface area contributed by atoms with Gasteiger partial charge in [0.05, 0.1) is 5.92 Å². The van der Waals surface area contributed by atoms with Crippen LogP contribution in [0, 0.1) is 23.7 Å². The van der Waals surface area contributed by atoms with Gasteiger partial charge in [-0.2, -0.15) is 0 Å². The molecule has 1 fully saturated rings. The SMILES string of the molecule is CC(C)C[C@@H]1CC[C@@H](C)C[C@H]1OC(=O)[C@H](C)C[C@H](Cc1ccc(OCc2ccccc2)cc1)NC(=O)OC(C)(C)C. The van der Waals surface area contributed by atoms with E-state index in [-0.39, 0.29) is 24.0 Å². The van der Waals surface area contributed by atoms with Crippen molar-refractivity contribution in [2.45, 2.75) is 111 Å². The third kappa shape index (κ3) is 11.8. The van der Waals surface area contributed by atoms with Crippen LogP contribution in [-0.4, -0.2) is 29.8 Å². The third-order valence-electron chi connectivity index (χ3n) is 7.65. The number of carbonyl (C=O) groups excluding carboxylic acids is 2. The van der Waals surface area contributed by atoms with E-state index in [0.29, 0.717) is 37.2 Å². The summed E-state index contributed by atoms with van der Waals surface area (Å²) in [6.45, 7) is 14.6. The van der Waals surface area contributed by atoms with E-state index in [2.05, 4.69) is 26.1 Å². The Hall–Kier alpha value is -3.02. The monoisotopic (exact) mass is 565 g/mol. The zero-order valence-corrected chi connectivity index (χ0v) is 26.2. The minimum atomic E-state index is -0.611. The molecule has 41 heavy (non-hydrogen) atoms. The molecule has 1 amide bonds. The first-order chi connectivity index (χ1) is 19.4. The molecule has 1 aliphatic rings. The van der Waals surface area contributed by atoms with E-state index >= 15 is 0 Å². The van der Waals surface area contributed by atoms with Crippen molar-refractivity contribution < 1.29 is 23.8 Å². The van der Waals surface area contributed by atoms with Crippen molar-refractivity contribution in [2.75, 3.05) is 0 Å². The van der Waals surface area contributed by atoms with Gasteiger partial charge in [0.2, 0.25) is 0 Å². The van der Waals surface area contributed by atoms with Crippen LogP contribution in [0.4, 0.5) is 4.79 Å². The van der Waals surface area contributed by atoms with Gasteiger partial charge in [-0.1, -0.05) is 76.6 Å². The molecule has 0 bridgehead atoms. The summed E-state index contributed by atoms with van der Waals surface area (Å²) in [7, 11) is 0. The minimum absolute atomic E-state index is 0.0307. The van der Waals surface area contributed by atoms with Crippen molar-refractivity contribution in [1.82, 2.24) is 5.32 Å². The average molecular weight is 566 g/mol. The Morgan fingerprint density at radius 3 is 2.27 bits per heavy atom. The van der Waals surface area contributed by atoms with Gasteiger partial charge >= 0.3 is 12.1 Å². The molecule has 0 aliphatic heterocycles. The smallest absolute Gasteiger partial charge is 0.407 e. The highest BCUT2D eigenvalue weighted by Crippen LogP contribution is 2.35. The quantitative estimate of drug-likeness (QED) is 0.263. The molecule has 0 aromatic heterocycles. The molecule has 0 unspecified atom stereocenters. The molecule has 1 N–H and O–H groups in total. The average Bonchev–Trinajstić information content (AvgIpc) is 2.89. The van der Waals surface area contributed by atoms with Crippen molar-refractivity contribution in [3.8, 4) is 5.75 Å². The van der Waals surface area contributed by atoms with E-state index in [0.717, 1.165) is 36.1 Å². The summed E-state index contributed by atoms with van der Waals surface area (Å²) in [4.78, 5) is 26.0. The molecule has 6 heteroatoms. The second-order valence-corrected chi connectivity index (χ2v) is 13.4. The van der Waals surface area contributed by atoms with Gasteiger partial charge in [0, 0.05) is 6.04 Å². The number of ether oxygens (including phenoxy) is 3. The van der Waals surface area contributed by atoms with Crippen molar-refractivity contribution in [2.24, 2.45) is 23.7 Å². The van der Waals surface area contributed by atoms with Crippen LogP contribution in [0.2, 0.25) is 0 Å². The topological polar surface area (TPSA) is 73.9 Å². The van der Waals surface area contributed by atoms with Crippen LogP contribution < -0.4 is 10.1 Å². The standard InChI is InChI=1S/C35H51NO5/c1-24(2)19-29-16-13-25(3)20-32(29)40-33(37)26(4)21-30(36-34(38)41-35(5,6)7)22-27-14-17-31(18-15-27)39-23-28-11-9-8-10-12-28/h8-12,14-15,17-18,24-26,29-30,32H,13,16,19-23H2,1-7H3,(H,36,38)/t25-,26-,29+,30-,32-/m1/s1. The van der Waals surface area contributed by atoms with Crippen LogP contribution in [-0.2, 0) is 27.3 Å². The first-order valence-corrected chi connectivity index (χ1v) is 15.3. The van der Waals surface area contributed by atoms with Crippen LogP contribution >= 0.6 is 0 Å². The lowest BCUT2D eigenvalue weighted by molar-refractivity contribution is -0.160. The number of benzene rings is 2. The molecule has 1 saturated carbocycles. The Morgan fingerprint density at radius 2 is 1.63 bits per heavy atom. The van der Waals surface area contributed by atoms with Crippen LogP contribution in [0.15, 0.2) is 54.6 Å². The molecular formula is C35H51NO5. The molecule has 5 atom stereocenters. The highest BCUT2D eigenvalue weighted by molar-refractivity contribution is 5.73. The zero-order valence-electron chi connectivity index (χ0n) is 26.2. The Labute approximate surface area is 247 Å². The Bertz CT molecular complexity index is 1080. The maximum Gasteiger partial charge on any atom is 0.407 e. The number of hydrogen-bond donors (Lipinski definition) is 1. The van der Waals surface area contributed by atoms with Crippen molar-refractivity contribution in [3.05, 3.63) is 65.7 Å². The Kier molecular flexibility index (Phi) is 12.1. The van der Waals surface area contributed by atoms with Gasteiger partial charge in [0.1, 0.15) is 24.1 Å². The van der Waals surface area contributed by atoms with Gasteiger partial charge in [0.25, 0.3) is 0 Å². The van der Waals surface area contributed by atoms with Crippen LogP contribution in [0.3, 0.4) is 0 Å². The van der Waals surface area contributed by atoms with Gasteiger partial charge < -0.3 is 19.5 Å². The van der Waals surface area contributed by atoms with Crippen molar-refractivity contribution in [1.29, 1.82) is 0 Å². The maximum absolute atomic E-state index is 13.3. The van der Waals surface area contributed by atoms with E-state index in [1.807, 2.05) is 82.3 Å². The predicted octanol–water partition coefficient (Wildman–Crippen LogP) is 8.12. The largest absolute Gasteiger partial charge is 0.489 e. The fourth-order valence-corrected chi connectivity index (χ4v) is 5.61. The van der Waals surface area contributed by atoms with E-state index in [9.17, 15) is 9.59 Å². The lowest BCUT2D eigenvalue weighted by Gasteiger charge is -2.36. The normalized spacial score (nSPS) is 20.6. The number of carbonyl (C=O) groups is 2. The van der Waals surface area contributed by atoms with E-state index < -0.39 is 11.7 Å². The summed E-state index contributed by atoms with van der Waals surface area (Å²) in [5.74, 6) is 1.79. The molecule has 226 valence electrons. The molecule has 0 saturated heterocycles.